The summed E-state index contributed by atoms with van der Waals surface area (Å²) in [5.41, 5.74) is 3.70. The Balaban J connectivity index is 2.33. The second kappa shape index (κ2) is 5.83. The zero-order valence-electron chi connectivity index (χ0n) is 11.4. The van der Waals surface area contributed by atoms with Gasteiger partial charge in [0.15, 0.2) is 0 Å². The van der Waals surface area contributed by atoms with Gasteiger partial charge < -0.3 is 9.88 Å². The molecule has 0 saturated heterocycles. The maximum absolute atomic E-state index is 4.49. The average Bonchev–Trinajstić information content (AvgIpc) is 2.78. The van der Waals surface area contributed by atoms with Gasteiger partial charge in [-0.2, -0.15) is 0 Å². The number of aromatic nitrogens is 2. The van der Waals surface area contributed by atoms with Crippen molar-refractivity contribution in [3.05, 3.63) is 53.6 Å². The van der Waals surface area contributed by atoms with Gasteiger partial charge >= 0.3 is 0 Å². The Labute approximate surface area is 109 Å². The van der Waals surface area contributed by atoms with Gasteiger partial charge in [0.25, 0.3) is 0 Å². The van der Waals surface area contributed by atoms with E-state index in [1.807, 2.05) is 17.9 Å². The van der Waals surface area contributed by atoms with E-state index in [1.165, 1.54) is 11.1 Å². The standard InChI is InChI=1S/C15H21N3/c1-4-9-16-15(14-10-18(3)11-17-14)13-8-6-5-7-12(13)2/h5-8,10-11,15-16H,4,9H2,1-3H3. The molecule has 0 aliphatic rings. The molecule has 1 aromatic heterocycles. The monoisotopic (exact) mass is 243 g/mol. The first-order valence-corrected chi connectivity index (χ1v) is 6.49. The van der Waals surface area contributed by atoms with Gasteiger partial charge in [-0.25, -0.2) is 4.98 Å². The van der Waals surface area contributed by atoms with Gasteiger partial charge in [0.05, 0.1) is 18.1 Å². The highest BCUT2D eigenvalue weighted by Crippen LogP contribution is 2.23. The van der Waals surface area contributed by atoms with Crippen LogP contribution >= 0.6 is 0 Å². The van der Waals surface area contributed by atoms with Crippen molar-refractivity contribution in [2.24, 2.45) is 7.05 Å². The molecule has 1 heterocycles. The van der Waals surface area contributed by atoms with Gasteiger partial charge in [0.2, 0.25) is 0 Å². The molecule has 1 unspecified atom stereocenters. The highest BCUT2D eigenvalue weighted by Gasteiger charge is 2.17. The number of benzene rings is 1. The summed E-state index contributed by atoms with van der Waals surface area (Å²) in [7, 11) is 2.01. The Kier molecular flexibility index (Phi) is 4.15. The van der Waals surface area contributed by atoms with E-state index in [2.05, 4.69) is 54.6 Å². The van der Waals surface area contributed by atoms with Crippen LogP contribution in [0.4, 0.5) is 0 Å². The van der Waals surface area contributed by atoms with Crippen LogP contribution in [0.25, 0.3) is 0 Å². The molecule has 1 N–H and O–H groups in total. The molecule has 0 aliphatic heterocycles. The molecule has 3 heteroatoms. The van der Waals surface area contributed by atoms with Gasteiger partial charge in [-0.05, 0) is 31.0 Å². The highest BCUT2D eigenvalue weighted by atomic mass is 15.0. The molecule has 1 atom stereocenters. The third kappa shape index (κ3) is 2.79. The minimum atomic E-state index is 0.187. The molecule has 2 rings (SSSR count). The van der Waals surface area contributed by atoms with E-state index in [4.69, 9.17) is 0 Å². The molecule has 0 bridgehead atoms. The normalized spacial score (nSPS) is 12.6. The lowest BCUT2D eigenvalue weighted by atomic mass is 9.99. The quantitative estimate of drug-likeness (QED) is 0.875. The number of imidazole rings is 1. The number of nitrogens with one attached hydrogen (secondary N) is 1. The zero-order valence-corrected chi connectivity index (χ0v) is 11.4. The molecule has 1 aromatic carbocycles. The van der Waals surface area contributed by atoms with E-state index >= 15 is 0 Å². The van der Waals surface area contributed by atoms with Crippen molar-refractivity contribution in [3.8, 4) is 0 Å². The molecule has 96 valence electrons. The van der Waals surface area contributed by atoms with Crippen molar-refractivity contribution in [2.75, 3.05) is 6.54 Å². The van der Waals surface area contributed by atoms with Crippen LogP contribution in [-0.4, -0.2) is 16.1 Å². The van der Waals surface area contributed by atoms with E-state index < -0.39 is 0 Å². The summed E-state index contributed by atoms with van der Waals surface area (Å²) in [6.45, 7) is 5.33. The number of hydrogen-bond donors (Lipinski definition) is 1. The Hall–Kier alpha value is -1.61. The highest BCUT2D eigenvalue weighted by molar-refractivity contribution is 5.33. The zero-order chi connectivity index (χ0) is 13.0. The Morgan fingerprint density at radius 3 is 2.72 bits per heavy atom. The maximum Gasteiger partial charge on any atom is 0.0947 e. The average molecular weight is 243 g/mol. The molecule has 3 nitrogen and oxygen atoms in total. The molecule has 0 amide bonds. The molecule has 0 radical (unpaired) electrons. The summed E-state index contributed by atoms with van der Waals surface area (Å²) in [6, 6.07) is 8.68. The minimum Gasteiger partial charge on any atom is -0.340 e. The van der Waals surface area contributed by atoms with Gasteiger partial charge in [-0.15, -0.1) is 0 Å². The maximum atomic E-state index is 4.49. The van der Waals surface area contributed by atoms with E-state index in [0.717, 1.165) is 18.7 Å². The van der Waals surface area contributed by atoms with Crippen LogP contribution in [0.1, 0.15) is 36.2 Å². The fraction of sp³-hybridized carbons (Fsp3) is 0.400. The first-order valence-electron chi connectivity index (χ1n) is 6.49. The Morgan fingerprint density at radius 2 is 2.11 bits per heavy atom. The smallest absolute Gasteiger partial charge is 0.0947 e. The molecule has 0 saturated carbocycles. The topological polar surface area (TPSA) is 29.9 Å². The van der Waals surface area contributed by atoms with E-state index in [-0.39, 0.29) is 6.04 Å². The lowest BCUT2D eigenvalue weighted by Crippen LogP contribution is -2.24. The van der Waals surface area contributed by atoms with Crippen molar-refractivity contribution < 1.29 is 0 Å². The Bertz CT molecular complexity index is 502. The molecule has 0 aliphatic carbocycles. The van der Waals surface area contributed by atoms with Crippen LogP contribution in [0, 0.1) is 6.92 Å². The van der Waals surface area contributed by atoms with Gasteiger partial charge in [0, 0.05) is 13.2 Å². The number of aryl methyl sites for hydroxylation is 2. The van der Waals surface area contributed by atoms with Gasteiger partial charge in [0.1, 0.15) is 0 Å². The lowest BCUT2D eigenvalue weighted by Gasteiger charge is -2.19. The van der Waals surface area contributed by atoms with Crippen LogP contribution in [0.3, 0.4) is 0 Å². The summed E-state index contributed by atoms with van der Waals surface area (Å²) in [5.74, 6) is 0. The van der Waals surface area contributed by atoms with Crippen molar-refractivity contribution in [1.82, 2.24) is 14.9 Å². The number of hydrogen-bond acceptors (Lipinski definition) is 2. The minimum absolute atomic E-state index is 0.187. The van der Waals surface area contributed by atoms with Crippen LogP contribution in [-0.2, 0) is 7.05 Å². The van der Waals surface area contributed by atoms with E-state index in [1.54, 1.807) is 0 Å². The van der Waals surface area contributed by atoms with Gasteiger partial charge in [-0.1, -0.05) is 31.2 Å². The largest absolute Gasteiger partial charge is 0.340 e. The first kappa shape index (κ1) is 12.8. The second-order valence-corrected chi connectivity index (χ2v) is 4.71. The number of nitrogens with zero attached hydrogens (tertiary/aromatic N) is 2. The predicted octanol–water partition coefficient (Wildman–Crippen LogP) is 2.82. The molecule has 0 fully saturated rings. The van der Waals surface area contributed by atoms with Crippen LogP contribution in [0.5, 0.6) is 0 Å². The number of rotatable bonds is 5. The summed E-state index contributed by atoms with van der Waals surface area (Å²) in [6.07, 6.45) is 5.06. The first-order chi connectivity index (χ1) is 8.72. The third-order valence-corrected chi connectivity index (χ3v) is 3.12. The third-order valence-electron chi connectivity index (χ3n) is 3.12. The molecule has 2 aromatic rings. The van der Waals surface area contributed by atoms with Crippen molar-refractivity contribution in [1.29, 1.82) is 0 Å². The fourth-order valence-corrected chi connectivity index (χ4v) is 2.16. The molecular weight excluding hydrogens is 222 g/mol. The van der Waals surface area contributed by atoms with E-state index in [9.17, 15) is 0 Å². The second-order valence-electron chi connectivity index (χ2n) is 4.71. The summed E-state index contributed by atoms with van der Waals surface area (Å²) in [4.78, 5) is 4.49. The molecular formula is C15H21N3. The van der Waals surface area contributed by atoms with Crippen LogP contribution < -0.4 is 5.32 Å². The summed E-state index contributed by atoms with van der Waals surface area (Å²) >= 11 is 0. The van der Waals surface area contributed by atoms with E-state index in [0.29, 0.717) is 0 Å². The van der Waals surface area contributed by atoms with Gasteiger partial charge in [-0.3, -0.25) is 0 Å². The molecule has 18 heavy (non-hydrogen) atoms. The summed E-state index contributed by atoms with van der Waals surface area (Å²) < 4.78 is 1.99. The van der Waals surface area contributed by atoms with Crippen LogP contribution in [0.2, 0.25) is 0 Å². The van der Waals surface area contributed by atoms with Crippen molar-refractivity contribution >= 4 is 0 Å². The summed E-state index contributed by atoms with van der Waals surface area (Å²) in [5, 5.41) is 3.58. The fourth-order valence-electron chi connectivity index (χ4n) is 2.16. The predicted molar refractivity (Wildman–Crippen MR) is 74.5 cm³/mol. The van der Waals surface area contributed by atoms with Crippen LogP contribution in [0.15, 0.2) is 36.8 Å². The van der Waals surface area contributed by atoms with Crippen molar-refractivity contribution in [3.63, 3.8) is 0 Å². The molecule has 0 spiro atoms. The SMILES string of the molecule is CCCNC(c1cn(C)cn1)c1ccccc1C. The van der Waals surface area contributed by atoms with Crippen molar-refractivity contribution in [2.45, 2.75) is 26.3 Å². The Morgan fingerprint density at radius 1 is 1.33 bits per heavy atom. The lowest BCUT2D eigenvalue weighted by molar-refractivity contribution is 0.586.